The molecule has 2 aliphatic rings. The van der Waals surface area contributed by atoms with Gasteiger partial charge in [0.25, 0.3) is 0 Å². The topological polar surface area (TPSA) is 38.8 Å². The molecule has 1 aromatic carbocycles. The highest BCUT2D eigenvalue weighted by Gasteiger charge is 2.50. The van der Waals surface area contributed by atoms with Gasteiger partial charge in [0.2, 0.25) is 5.91 Å². The largest absolute Gasteiger partial charge is 0.491 e. The molecule has 4 nitrogen and oxygen atoms in total. The van der Waals surface area contributed by atoms with E-state index >= 15 is 0 Å². The molecule has 0 unspecified atom stereocenters. The maximum atomic E-state index is 11.7. The molecule has 3 rings (SSSR count). The van der Waals surface area contributed by atoms with E-state index < -0.39 is 5.72 Å². The Labute approximate surface area is 117 Å². The van der Waals surface area contributed by atoms with E-state index in [1.54, 1.807) is 12.1 Å². The fraction of sp³-hybridized carbons (Fsp3) is 0.500. The maximum absolute atomic E-state index is 11.7. The van der Waals surface area contributed by atoms with Crippen molar-refractivity contribution in [1.82, 2.24) is 4.90 Å². The molecular weight excluding hydrogens is 266 g/mol. The molecule has 1 aromatic rings. The molecule has 5 heteroatoms. The number of halogens is 1. The Bertz CT molecular complexity index is 490. The summed E-state index contributed by atoms with van der Waals surface area (Å²) in [5.41, 5.74) is -0.425. The summed E-state index contributed by atoms with van der Waals surface area (Å²) in [6.07, 6.45) is 1.29. The highest BCUT2D eigenvalue weighted by molar-refractivity contribution is 6.30. The van der Waals surface area contributed by atoms with Crippen LogP contribution in [-0.2, 0) is 9.53 Å². The zero-order valence-electron chi connectivity index (χ0n) is 10.8. The summed E-state index contributed by atoms with van der Waals surface area (Å²) in [5.74, 6) is 0.938. The van der Waals surface area contributed by atoms with Crippen LogP contribution in [0.5, 0.6) is 5.75 Å². The first kappa shape index (κ1) is 12.8. The number of carbonyl (C=O) groups is 1. The minimum atomic E-state index is -0.425. The van der Waals surface area contributed by atoms with E-state index in [0.29, 0.717) is 24.6 Å². The summed E-state index contributed by atoms with van der Waals surface area (Å²) in [4.78, 5) is 13.5. The van der Waals surface area contributed by atoms with Gasteiger partial charge in [-0.3, -0.25) is 4.79 Å². The van der Waals surface area contributed by atoms with Crippen LogP contribution in [0.3, 0.4) is 0 Å². The third-order valence-electron chi connectivity index (χ3n) is 3.73. The molecule has 2 fully saturated rings. The SMILES string of the molecule is C[C@]12CCC(=O)N1C[C@@H](COc1ccc(Cl)cc1)O2. The van der Waals surface area contributed by atoms with Crippen LogP contribution in [0.2, 0.25) is 5.02 Å². The molecule has 0 N–H and O–H groups in total. The van der Waals surface area contributed by atoms with Crippen LogP contribution in [0, 0.1) is 0 Å². The molecular formula is C14H16ClNO3. The fourth-order valence-electron chi connectivity index (χ4n) is 2.70. The number of fused-ring (bicyclic) bond motifs is 1. The van der Waals surface area contributed by atoms with Gasteiger partial charge in [-0.2, -0.15) is 0 Å². The highest BCUT2D eigenvalue weighted by atomic mass is 35.5. The van der Waals surface area contributed by atoms with Gasteiger partial charge in [-0.05, 0) is 31.2 Å². The summed E-state index contributed by atoms with van der Waals surface area (Å²) >= 11 is 5.81. The molecule has 0 bridgehead atoms. The summed E-state index contributed by atoms with van der Waals surface area (Å²) in [6.45, 7) is 3.03. The average Bonchev–Trinajstić information content (AvgIpc) is 2.85. The van der Waals surface area contributed by atoms with Crippen molar-refractivity contribution in [2.45, 2.75) is 31.6 Å². The summed E-state index contributed by atoms with van der Waals surface area (Å²) < 4.78 is 11.6. The van der Waals surface area contributed by atoms with Gasteiger partial charge in [-0.15, -0.1) is 0 Å². The predicted octanol–water partition coefficient (Wildman–Crippen LogP) is 2.46. The van der Waals surface area contributed by atoms with Crippen molar-refractivity contribution in [3.05, 3.63) is 29.3 Å². The van der Waals surface area contributed by atoms with Crippen LogP contribution in [0.1, 0.15) is 19.8 Å². The van der Waals surface area contributed by atoms with Crippen molar-refractivity contribution in [3.63, 3.8) is 0 Å². The molecule has 102 valence electrons. The lowest BCUT2D eigenvalue weighted by atomic mass is 10.2. The minimum Gasteiger partial charge on any atom is -0.491 e. The maximum Gasteiger partial charge on any atom is 0.225 e. The summed E-state index contributed by atoms with van der Waals surface area (Å²) in [6, 6.07) is 7.22. The quantitative estimate of drug-likeness (QED) is 0.854. The molecule has 2 heterocycles. The Kier molecular flexibility index (Phi) is 3.15. The van der Waals surface area contributed by atoms with Crippen molar-refractivity contribution < 1.29 is 14.3 Å². The lowest BCUT2D eigenvalue weighted by Gasteiger charge is -2.25. The molecule has 0 saturated carbocycles. The van der Waals surface area contributed by atoms with E-state index in [0.717, 1.165) is 12.2 Å². The van der Waals surface area contributed by atoms with Crippen molar-refractivity contribution in [1.29, 1.82) is 0 Å². The second kappa shape index (κ2) is 4.69. The monoisotopic (exact) mass is 281 g/mol. The number of amides is 1. The fourth-order valence-corrected chi connectivity index (χ4v) is 2.82. The van der Waals surface area contributed by atoms with Gasteiger partial charge >= 0.3 is 0 Å². The first-order chi connectivity index (χ1) is 9.07. The number of carbonyl (C=O) groups excluding carboxylic acids is 1. The molecule has 2 saturated heterocycles. The number of rotatable bonds is 3. The van der Waals surface area contributed by atoms with Gasteiger partial charge in [0, 0.05) is 17.9 Å². The predicted molar refractivity (Wildman–Crippen MR) is 71.2 cm³/mol. The lowest BCUT2D eigenvalue weighted by Crippen LogP contribution is -2.38. The van der Waals surface area contributed by atoms with Crippen LogP contribution in [0.25, 0.3) is 0 Å². The van der Waals surface area contributed by atoms with Crippen LogP contribution in [0.15, 0.2) is 24.3 Å². The van der Waals surface area contributed by atoms with Gasteiger partial charge in [-0.1, -0.05) is 11.6 Å². The normalized spacial score (nSPS) is 29.7. The number of hydrogen-bond donors (Lipinski definition) is 0. The second-order valence-corrected chi connectivity index (χ2v) is 5.62. The average molecular weight is 282 g/mol. The van der Waals surface area contributed by atoms with Gasteiger partial charge < -0.3 is 14.4 Å². The van der Waals surface area contributed by atoms with Gasteiger partial charge in [-0.25, -0.2) is 0 Å². The van der Waals surface area contributed by atoms with Crippen molar-refractivity contribution in [3.8, 4) is 5.75 Å². The third kappa shape index (κ3) is 2.42. The number of ether oxygens (including phenoxy) is 2. The van der Waals surface area contributed by atoms with Crippen LogP contribution < -0.4 is 4.74 Å². The van der Waals surface area contributed by atoms with E-state index in [-0.39, 0.29) is 12.0 Å². The Morgan fingerprint density at radius 1 is 1.47 bits per heavy atom. The Hall–Kier alpha value is -1.26. The molecule has 2 atom stereocenters. The van der Waals surface area contributed by atoms with E-state index in [1.165, 1.54) is 0 Å². The molecule has 0 radical (unpaired) electrons. The molecule has 19 heavy (non-hydrogen) atoms. The standard InChI is InChI=1S/C14H16ClNO3/c1-14-7-6-13(17)16(14)8-12(19-14)9-18-11-4-2-10(15)3-5-11/h2-5,12H,6-9H2,1H3/t12-,14-/m0/s1. The number of hydrogen-bond acceptors (Lipinski definition) is 3. The molecule has 0 spiro atoms. The second-order valence-electron chi connectivity index (χ2n) is 5.18. The zero-order valence-corrected chi connectivity index (χ0v) is 11.5. The van der Waals surface area contributed by atoms with Crippen molar-refractivity contribution in [2.75, 3.05) is 13.2 Å². The number of nitrogens with zero attached hydrogens (tertiary/aromatic N) is 1. The smallest absolute Gasteiger partial charge is 0.225 e. The Morgan fingerprint density at radius 2 is 2.21 bits per heavy atom. The summed E-state index contributed by atoms with van der Waals surface area (Å²) in [5, 5.41) is 0.684. The van der Waals surface area contributed by atoms with E-state index in [9.17, 15) is 4.79 Å². The number of benzene rings is 1. The first-order valence-electron chi connectivity index (χ1n) is 6.43. The zero-order chi connectivity index (χ0) is 13.5. The van der Waals surface area contributed by atoms with Crippen LogP contribution in [0.4, 0.5) is 0 Å². The third-order valence-corrected chi connectivity index (χ3v) is 3.98. The molecule has 2 aliphatic heterocycles. The molecule has 1 amide bonds. The van der Waals surface area contributed by atoms with Gasteiger partial charge in [0.05, 0.1) is 6.54 Å². The van der Waals surface area contributed by atoms with Crippen LogP contribution in [-0.4, -0.2) is 35.8 Å². The van der Waals surface area contributed by atoms with Crippen LogP contribution >= 0.6 is 11.6 Å². The Morgan fingerprint density at radius 3 is 2.89 bits per heavy atom. The van der Waals surface area contributed by atoms with Gasteiger partial charge in [0.1, 0.15) is 24.2 Å². The van der Waals surface area contributed by atoms with Gasteiger partial charge in [0.15, 0.2) is 0 Å². The molecule has 0 aromatic heterocycles. The lowest BCUT2D eigenvalue weighted by molar-refractivity contribution is -0.136. The van der Waals surface area contributed by atoms with E-state index in [4.69, 9.17) is 21.1 Å². The van der Waals surface area contributed by atoms with E-state index in [1.807, 2.05) is 24.0 Å². The van der Waals surface area contributed by atoms with E-state index in [2.05, 4.69) is 0 Å². The molecule has 0 aliphatic carbocycles. The van der Waals surface area contributed by atoms with Crippen molar-refractivity contribution in [2.24, 2.45) is 0 Å². The van der Waals surface area contributed by atoms with Crippen molar-refractivity contribution >= 4 is 17.5 Å². The first-order valence-corrected chi connectivity index (χ1v) is 6.81. The highest BCUT2D eigenvalue weighted by Crippen LogP contribution is 2.37. The Balaban J connectivity index is 1.58. The minimum absolute atomic E-state index is 0.0649. The summed E-state index contributed by atoms with van der Waals surface area (Å²) in [7, 11) is 0.